The minimum atomic E-state index is -0.879. The van der Waals surface area contributed by atoms with Crippen molar-refractivity contribution in [2.75, 3.05) is 13.7 Å². The molecule has 0 saturated heterocycles. The smallest absolute Gasteiger partial charge is 0.303 e. The van der Waals surface area contributed by atoms with Crippen molar-refractivity contribution < 1.29 is 19.4 Å². The molecule has 0 rings (SSSR count). The maximum absolute atomic E-state index is 11.2. The van der Waals surface area contributed by atoms with Crippen LogP contribution in [0.15, 0.2) is 24.5 Å². The molecule has 0 saturated carbocycles. The summed E-state index contributed by atoms with van der Waals surface area (Å²) in [4.78, 5) is 21.5. The number of hydrogen-bond acceptors (Lipinski definition) is 3. The summed E-state index contributed by atoms with van der Waals surface area (Å²) in [5.74, 6) is -1.01. The van der Waals surface area contributed by atoms with Crippen molar-refractivity contribution in [2.24, 2.45) is 0 Å². The van der Waals surface area contributed by atoms with Gasteiger partial charge in [-0.2, -0.15) is 0 Å². The summed E-state index contributed by atoms with van der Waals surface area (Å²) in [6, 6.07) is 0. The zero-order valence-corrected chi connectivity index (χ0v) is 10.1. The highest BCUT2D eigenvalue weighted by Crippen LogP contribution is 1.99. The van der Waals surface area contributed by atoms with Crippen molar-refractivity contribution in [1.29, 1.82) is 0 Å². The lowest BCUT2D eigenvalue weighted by atomic mass is 10.2. The third-order valence-electron chi connectivity index (χ3n) is 2.00. The average Bonchev–Trinajstić information content (AvgIpc) is 2.25. The van der Waals surface area contributed by atoms with Crippen LogP contribution in [0.3, 0.4) is 0 Å². The molecule has 5 heteroatoms. The number of nitrogens with one attached hydrogen (secondary N) is 1. The molecule has 0 aliphatic rings. The van der Waals surface area contributed by atoms with Gasteiger partial charge in [0.2, 0.25) is 5.91 Å². The third-order valence-corrected chi connectivity index (χ3v) is 2.00. The molecule has 0 aliphatic heterocycles. The van der Waals surface area contributed by atoms with E-state index in [9.17, 15) is 9.59 Å². The number of amides is 1. The second kappa shape index (κ2) is 9.45. The van der Waals surface area contributed by atoms with Crippen LogP contribution in [-0.4, -0.2) is 30.6 Å². The van der Waals surface area contributed by atoms with Crippen LogP contribution in [-0.2, 0) is 14.3 Å². The molecule has 2 N–H and O–H groups in total. The maximum atomic E-state index is 11.2. The van der Waals surface area contributed by atoms with Gasteiger partial charge in [0.25, 0.3) is 0 Å². The lowest BCUT2D eigenvalue weighted by molar-refractivity contribution is -0.137. The van der Waals surface area contributed by atoms with Crippen molar-refractivity contribution in [3.8, 4) is 0 Å². The van der Waals surface area contributed by atoms with Crippen LogP contribution in [0.1, 0.15) is 25.7 Å². The van der Waals surface area contributed by atoms with Crippen molar-refractivity contribution >= 4 is 11.9 Å². The molecule has 0 aliphatic carbocycles. The van der Waals surface area contributed by atoms with Crippen LogP contribution in [0, 0.1) is 0 Å². The van der Waals surface area contributed by atoms with E-state index in [1.807, 2.05) is 0 Å². The normalized spacial score (nSPS) is 10.2. The van der Waals surface area contributed by atoms with Crippen LogP contribution in [0.25, 0.3) is 0 Å². The molecule has 0 spiro atoms. The lowest BCUT2D eigenvalue weighted by Gasteiger charge is -2.04. The summed E-state index contributed by atoms with van der Waals surface area (Å²) in [6.07, 6.45) is 4.53. The van der Waals surface area contributed by atoms with Gasteiger partial charge in [-0.15, -0.1) is 0 Å². The van der Waals surface area contributed by atoms with Crippen LogP contribution in [0.5, 0.6) is 0 Å². The van der Waals surface area contributed by atoms with E-state index in [-0.39, 0.29) is 18.7 Å². The monoisotopic (exact) mass is 241 g/mol. The van der Waals surface area contributed by atoms with E-state index in [1.54, 1.807) is 13.2 Å². The SMILES string of the molecule is C=C(/C=C\OC)CCNC(=O)CCCC(=O)O. The first-order valence-electron chi connectivity index (χ1n) is 5.42. The highest BCUT2D eigenvalue weighted by molar-refractivity contribution is 5.76. The number of methoxy groups -OCH3 is 1. The summed E-state index contributed by atoms with van der Waals surface area (Å²) >= 11 is 0. The Bertz CT molecular complexity index is 297. The summed E-state index contributed by atoms with van der Waals surface area (Å²) in [5.41, 5.74) is 0.859. The van der Waals surface area contributed by atoms with Crippen LogP contribution in [0.4, 0.5) is 0 Å². The number of ether oxygens (including phenoxy) is 1. The van der Waals surface area contributed by atoms with E-state index in [1.165, 1.54) is 6.26 Å². The van der Waals surface area contributed by atoms with Gasteiger partial charge in [0.05, 0.1) is 13.4 Å². The first-order valence-corrected chi connectivity index (χ1v) is 5.42. The van der Waals surface area contributed by atoms with Crippen molar-refractivity contribution in [3.05, 3.63) is 24.5 Å². The van der Waals surface area contributed by atoms with E-state index in [2.05, 4.69) is 11.9 Å². The predicted octanol–water partition coefficient (Wildman–Crippen LogP) is 1.46. The first-order chi connectivity index (χ1) is 8.06. The molecular formula is C12H19NO4. The predicted molar refractivity (Wildman–Crippen MR) is 64.4 cm³/mol. The van der Waals surface area contributed by atoms with E-state index >= 15 is 0 Å². The second-order valence-corrected chi connectivity index (χ2v) is 3.54. The Morgan fingerprint density at radius 3 is 2.65 bits per heavy atom. The molecular weight excluding hydrogens is 222 g/mol. The second-order valence-electron chi connectivity index (χ2n) is 3.54. The molecule has 0 fully saturated rings. The van der Waals surface area contributed by atoms with Crippen molar-refractivity contribution in [3.63, 3.8) is 0 Å². The Morgan fingerprint density at radius 2 is 2.06 bits per heavy atom. The lowest BCUT2D eigenvalue weighted by Crippen LogP contribution is -2.24. The quantitative estimate of drug-likeness (QED) is 0.473. The summed E-state index contributed by atoms with van der Waals surface area (Å²) < 4.78 is 4.73. The Kier molecular flexibility index (Phi) is 8.46. The summed E-state index contributed by atoms with van der Waals surface area (Å²) in [5, 5.41) is 11.1. The van der Waals surface area contributed by atoms with Crippen LogP contribution >= 0.6 is 0 Å². The van der Waals surface area contributed by atoms with Gasteiger partial charge in [0.1, 0.15) is 0 Å². The van der Waals surface area contributed by atoms with Crippen molar-refractivity contribution in [1.82, 2.24) is 5.32 Å². The molecule has 0 aromatic rings. The topological polar surface area (TPSA) is 75.6 Å². The number of allylic oxidation sites excluding steroid dienone is 1. The molecule has 0 aromatic carbocycles. The average molecular weight is 241 g/mol. The molecule has 0 radical (unpaired) electrons. The van der Waals surface area contributed by atoms with Gasteiger partial charge in [-0.05, 0) is 18.9 Å². The molecule has 0 heterocycles. The minimum absolute atomic E-state index is 0.0245. The fourth-order valence-corrected chi connectivity index (χ4v) is 1.10. The first kappa shape index (κ1) is 15.2. The fraction of sp³-hybridized carbons (Fsp3) is 0.500. The number of carbonyl (C=O) groups excluding carboxylic acids is 1. The summed E-state index contributed by atoms with van der Waals surface area (Å²) in [7, 11) is 1.55. The molecule has 0 bridgehead atoms. The Morgan fingerprint density at radius 1 is 1.35 bits per heavy atom. The van der Waals surface area contributed by atoms with Gasteiger partial charge in [0.15, 0.2) is 0 Å². The maximum Gasteiger partial charge on any atom is 0.303 e. The number of hydrogen-bond donors (Lipinski definition) is 2. The van der Waals surface area contributed by atoms with E-state index in [4.69, 9.17) is 9.84 Å². The van der Waals surface area contributed by atoms with Crippen molar-refractivity contribution in [2.45, 2.75) is 25.7 Å². The molecule has 1 amide bonds. The van der Waals surface area contributed by atoms with E-state index < -0.39 is 5.97 Å². The van der Waals surface area contributed by atoms with Gasteiger partial charge in [-0.25, -0.2) is 0 Å². The number of carboxylic acids is 1. The Balaban J connectivity index is 3.54. The number of aliphatic carboxylic acids is 1. The molecule has 0 atom stereocenters. The highest BCUT2D eigenvalue weighted by atomic mass is 16.5. The Labute approximate surface area is 101 Å². The van der Waals surface area contributed by atoms with E-state index in [0.717, 1.165) is 5.57 Å². The molecule has 0 unspecified atom stereocenters. The molecule has 17 heavy (non-hydrogen) atoms. The standard InChI is InChI=1S/C12H19NO4/c1-10(7-9-17-2)6-8-13-11(14)4-3-5-12(15)16/h7,9H,1,3-6,8H2,2H3,(H,13,14)(H,15,16)/b9-7-. The van der Waals surface area contributed by atoms with Crippen LogP contribution < -0.4 is 5.32 Å². The van der Waals surface area contributed by atoms with Gasteiger partial charge in [-0.1, -0.05) is 12.2 Å². The van der Waals surface area contributed by atoms with Gasteiger partial charge < -0.3 is 15.2 Å². The fourth-order valence-electron chi connectivity index (χ4n) is 1.10. The summed E-state index contributed by atoms with van der Waals surface area (Å²) in [6.45, 7) is 4.28. The molecule has 5 nitrogen and oxygen atoms in total. The minimum Gasteiger partial charge on any atom is -0.504 e. The zero-order valence-electron chi connectivity index (χ0n) is 10.1. The zero-order chi connectivity index (χ0) is 13.1. The number of carboxylic acid groups (broad SMARTS) is 1. The molecule has 0 aromatic heterocycles. The highest BCUT2D eigenvalue weighted by Gasteiger charge is 2.03. The van der Waals surface area contributed by atoms with E-state index in [0.29, 0.717) is 19.4 Å². The molecule has 96 valence electrons. The van der Waals surface area contributed by atoms with Gasteiger partial charge in [0, 0.05) is 19.4 Å². The number of rotatable bonds is 9. The van der Waals surface area contributed by atoms with Gasteiger partial charge >= 0.3 is 5.97 Å². The number of carbonyl (C=O) groups is 2. The third kappa shape index (κ3) is 10.5. The van der Waals surface area contributed by atoms with Gasteiger partial charge in [-0.3, -0.25) is 9.59 Å². The van der Waals surface area contributed by atoms with Crippen LogP contribution in [0.2, 0.25) is 0 Å². The Hall–Kier alpha value is -1.78. The largest absolute Gasteiger partial charge is 0.504 e.